The van der Waals surface area contributed by atoms with Crippen LogP contribution in [0, 0.1) is 0 Å². The van der Waals surface area contributed by atoms with Crippen molar-refractivity contribution in [3.63, 3.8) is 0 Å². The molecule has 1 aromatic heterocycles. The smallest absolute Gasteiger partial charge is 0.224 e. The number of hydrogen-bond acceptors (Lipinski definition) is 5. The normalized spacial score (nSPS) is 14.2. The summed E-state index contributed by atoms with van der Waals surface area (Å²) in [5.74, 6) is 1.23. The fourth-order valence-corrected chi connectivity index (χ4v) is 1.84. The molecule has 0 saturated heterocycles. The van der Waals surface area contributed by atoms with Crippen LogP contribution in [0.25, 0.3) is 0 Å². The van der Waals surface area contributed by atoms with E-state index in [2.05, 4.69) is 36.5 Å². The number of nitrogens with zero attached hydrogens (tertiary/aromatic N) is 2. The maximum absolute atomic E-state index is 10.1. The first-order chi connectivity index (χ1) is 7.98. The van der Waals surface area contributed by atoms with Gasteiger partial charge >= 0.3 is 0 Å². The van der Waals surface area contributed by atoms with Gasteiger partial charge in [0.05, 0.1) is 10.1 Å². The van der Waals surface area contributed by atoms with Gasteiger partial charge in [0.2, 0.25) is 5.95 Å². The molecule has 96 valence electrons. The van der Waals surface area contributed by atoms with Gasteiger partial charge < -0.3 is 15.7 Å². The molecule has 3 N–H and O–H groups in total. The van der Waals surface area contributed by atoms with Crippen LogP contribution in [0.3, 0.4) is 0 Å². The van der Waals surface area contributed by atoms with Crippen LogP contribution < -0.4 is 10.6 Å². The second-order valence-electron chi connectivity index (χ2n) is 4.24. The molecule has 1 atom stereocenters. The SMILES string of the molecule is CCCC(C)(O)CNc1nc(NC)ncc1Br. The number of hydrogen-bond donors (Lipinski definition) is 3. The summed E-state index contributed by atoms with van der Waals surface area (Å²) in [5, 5.41) is 16.1. The fourth-order valence-electron chi connectivity index (χ4n) is 1.51. The predicted molar refractivity (Wildman–Crippen MR) is 73.3 cm³/mol. The molecule has 0 spiro atoms. The third-order valence-electron chi connectivity index (χ3n) is 2.39. The monoisotopic (exact) mass is 302 g/mol. The Hall–Kier alpha value is -0.880. The molecule has 0 aliphatic rings. The van der Waals surface area contributed by atoms with Crippen molar-refractivity contribution in [1.29, 1.82) is 0 Å². The van der Waals surface area contributed by atoms with E-state index < -0.39 is 5.60 Å². The van der Waals surface area contributed by atoms with E-state index in [4.69, 9.17) is 0 Å². The molecule has 0 aliphatic heterocycles. The van der Waals surface area contributed by atoms with E-state index in [9.17, 15) is 5.11 Å². The molecule has 1 rings (SSSR count). The van der Waals surface area contributed by atoms with E-state index in [1.807, 2.05) is 13.8 Å². The predicted octanol–water partition coefficient (Wildman–Crippen LogP) is 2.24. The molecule has 0 saturated carbocycles. The Morgan fingerprint density at radius 2 is 2.24 bits per heavy atom. The summed E-state index contributed by atoms with van der Waals surface area (Å²) in [5.41, 5.74) is -0.723. The highest BCUT2D eigenvalue weighted by Gasteiger charge is 2.19. The standard InChI is InChI=1S/C11H19BrN4O/c1-4-5-11(2,17)7-15-9-8(12)6-14-10(13-3)16-9/h6,17H,4-5,7H2,1-3H3,(H2,13,14,15,16). The van der Waals surface area contributed by atoms with E-state index in [1.165, 1.54) is 0 Å². The lowest BCUT2D eigenvalue weighted by Gasteiger charge is -2.23. The fraction of sp³-hybridized carbons (Fsp3) is 0.636. The van der Waals surface area contributed by atoms with Crippen LogP contribution in [0.15, 0.2) is 10.7 Å². The number of aromatic nitrogens is 2. The maximum atomic E-state index is 10.1. The molecule has 1 unspecified atom stereocenters. The molecular formula is C11H19BrN4O. The Bertz CT molecular complexity index is 370. The van der Waals surface area contributed by atoms with Crippen molar-refractivity contribution in [2.45, 2.75) is 32.3 Å². The van der Waals surface area contributed by atoms with E-state index in [0.717, 1.165) is 17.3 Å². The van der Waals surface area contributed by atoms with E-state index in [-0.39, 0.29) is 0 Å². The summed E-state index contributed by atoms with van der Waals surface area (Å²) in [6.45, 7) is 4.32. The lowest BCUT2D eigenvalue weighted by atomic mass is 10.0. The molecule has 6 heteroatoms. The third-order valence-corrected chi connectivity index (χ3v) is 2.97. The maximum Gasteiger partial charge on any atom is 0.224 e. The lowest BCUT2D eigenvalue weighted by Crippen LogP contribution is -2.33. The van der Waals surface area contributed by atoms with Crippen LogP contribution in [-0.4, -0.2) is 34.3 Å². The van der Waals surface area contributed by atoms with Gasteiger partial charge in [0.1, 0.15) is 5.82 Å². The largest absolute Gasteiger partial charge is 0.388 e. The Labute approximate surface area is 110 Å². The Kier molecular flexibility index (Phi) is 5.14. The van der Waals surface area contributed by atoms with Gasteiger partial charge in [-0.3, -0.25) is 0 Å². The molecule has 17 heavy (non-hydrogen) atoms. The summed E-state index contributed by atoms with van der Waals surface area (Å²) in [6.07, 6.45) is 3.37. The number of nitrogens with one attached hydrogen (secondary N) is 2. The van der Waals surface area contributed by atoms with Crippen LogP contribution in [0.4, 0.5) is 11.8 Å². The lowest BCUT2D eigenvalue weighted by molar-refractivity contribution is 0.0636. The van der Waals surface area contributed by atoms with Crippen LogP contribution in [0.5, 0.6) is 0 Å². The molecule has 1 heterocycles. The van der Waals surface area contributed by atoms with Crippen molar-refractivity contribution in [2.24, 2.45) is 0 Å². The van der Waals surface area contributed by atoms with Gasteiger partial charge in [0.25, 0.3) is 0 Å². The molecular weight excluding hydrogens is 284 g/mol. The summed E-state index contributed by atoms with van der Waals surface area (Å²) in [7, 11) is 1.76. The number of rotatable bonds is 6. The van der Waals surface area contributed by atoms with Gasteiger partial charge in [-0.1, -0.05) is 13.3 Å². The average molecular weight is 303 g/mol. The van der Waals surface area contributed by atoms with E-state index in [0.29, 0.717) is 18.3 Å². The second-order valence-corrected chi connectivity index (χ2v) is 5.09. The number of aliphatic hydroxyl groups is 1. The first-order valence-corrected chi connectivity index (χ1v) is 6.44. The summed E-state index contributed by atoms with van der Waals surface area (Å²) < 4.78 is 0.781. The quantitative estimate of drug-likeness (QED) is 0.752. The Morgan fingerprint density at radius 1 is 1.53 bits per heavy atom. The molecule has 0 aliphatic carbocycles. The van der Waals surface area contributed by atoms with Crippen LogP contribution in [-0.2, 0) is 0 Å². The van der Waals surface area contributed by atoms with Crippen molar-refractivity contribution in [1.82, 2.24) is 9.97 Å². The average Bonchev–Trinajstić information content (AvgIpc) is 2.28. The Balaban J connectivity index is 2.68. The highest BCUT2D eigenvalue weighted by Crippen LogP contribution is 2.21. The minimum Gasteiger partial charge on any atom is -0.388 e. The topological polar surface area (TPSA) is 70.1 Å². The van der Waals surface area contributed by atoms with Crippen molar-refractivity contribution in [3.05, 3.63) is 10.7 Å². The van der Waals surface area contributed by atoms with Gasteiger partial charge in [-0.2, -0.15) is 4.98 Å². The van der Waals surface area contributed by atoms with Gasteiger partial charge in [-0.15, -0.1) is 0 Å². The molecule has 0 bridgehead atoms. The highest BCUT2D eigenvalue weighted by molar-refractivity contribution is 9.10. The van der Waals surface area contributed by atoms with Gasteiger partial charge in [0, 0.05) is 19.8 Å². The van der Waals surface area contributed by atoms with E-state index in [1.54, 1.807) is 13.2 Å². The van der Waals surface area contributed by atoms with Gasteiger partial charge in [0.15, 0.2) is 0 Å². The molecule has 5 nitrogen and oxygen atoms in total. The van der Waals surface area contributed by atoms with Crippen molar-refractivity contribution in [2.75, 3.05) is 24.2 Å². The number of halogens is 1. The summed E-state index contributed by atoms with van der Waals surface area (Å²) in [6, 6.07) is 0. The minimum atomic E-state index is -0.723. The van der Waals surface area contributed by atoms with Crippen molar-refractivity contribution >= 4 is 27.7 Å². The zero-order valence-electron chi connectivity index (χ0n) is 10.4. The number of anilines is 2. The minimum absolute atomic E-state index is 0.458. The summed E-state index contributed by atoms with van der Waals surface area (Å²) >= 11 is 3.37. The van der Waals surface area contributed by atoms with Crippen LogP contribution in [0.1, 0.15) is 26.7 Å². The van der Waals surface area contributed by atoms with Crippen LogP contribution in [0.2, 0.25) is 0 Å². The van der Waals surface area contributed by atoms with Crippen molar-refractivity contribution in [3.8, 4) is 0 Å². The first-order valence-electron chi connectivity index (χ1n) is 5.65. The van der Waals surface area contributed by atoms with Gasteiger partial charge in [-0.05, 0) is 29.3 Å². The first kappa shape index (κ1) is 14.2. The Morgan fingerprint density at radius 3 is 2.82 bits per heavy atom. The second kappa shape index (κ2) is 6.16. The molecule has 0 aromatic carbocycles. The summed E-state index contributed by atoms with van der Waals surface area (Å²) in [4.78, 5) is 8.33. The van der Waals surface area contributed by atoms with Gasteiger partial charge in [-0.25, -0.2) is 4.98 Å². The third kappa shape index (κ3) is 4.47. The van der Waals surface area contributed by atoms with E-state index >= 15 is 0 Å². The van der Waals surface area contributed by atoms with Crippen LogP contribution >= 0.6 is 15.9 Å². The zero-order valence-corrected chi connectivity index (χ0v) is 12.0. The molecule has 1 aromatic rings. The zero-order chi connectivity index (χ0) is 12.9. The molecule has 0 amide bonds. The molecule has 0 radical (unpaired) electrons. The van der Waals surface area contributed by atoms with Crippen molar-refractivity contribution < 1.29 is 5.11 Å². The highest BCUT2D eigenvalue weighted by atomic mass is 79.9. The molecule has 0 fully saturated rings.